The second-order valence-electron chi connectivity index (χ2n) is 7.64. The molecule has 0 radical (unpaired) electrons. The second kappa shape index (κ2) is 8.87. The number of nitrogens with zero attached hydrogens (tertiary/aromatic N) is 2. The lowest BCUT2D eigenvalue weighted by Gasteiger charge is -2.34. The van der Waals surface area contributed by atoms with E-state index in [1.165, 1.54) is 5.56 Å². The fourth-order valence-electron chi connectivity index (χ4n) is 3.27. The molecular formula is C24H28N2O2. The highest BCUT2D eigenvalue weighted by atomic mass is 16.2. The van der Waals surface area contributed by atoms with Gasteiger partial charge in [0.05, 0.1) is 0 Å². The summed E-state index contributed by atoms with van der Waals surface area (Å²) in [6.45, 7) is 8.59. The van der Waals surface area contributed by atoms with E-state index < -0.39 is 0 Å². The van der Waals surface area contributed by atoms with E-state index in [0.29, 0.717) is 37.7 Å². The van der Waals surface area contributed by atoms with Crippen molar-refractivity contribution in [2.24, 2.45) is 0 Å². The van der Waals surface area contributed by atoms with E-state index in [0.717, 1.165) is 11.1 Å². The van der Waals surface area contributed by atoms with E-state index in [-0.39, 0.29) is 11.8 Å². The molecule has 1 aliphatic rings. The number of aryl methyl sites for hydroxylation is 1. The maximum Gasteiger partial charge on any atom is 0.253 e. The summed E-state index contributed by atoms with van der Waals surface area (Å²) in [4.78, 5) is 28.7. The predicted octanol–water partition coefficient (Wildman–Crippen LogP) is 4.12. The monoisotopic (exact) mass is 376 g/mol. The lowest BCUT2D eigenvalue weighted by atomic mass is 10.0. The van der Waals surface area contributed by atoms with Gasteiger partial charge in [-0.2, -0.15) is 0 Å². The zero-order valence-electron chi connectivity index (χ0n) is 16.9. The van der Waals surface area contributed by atoms with E-state index in [2.05, 4.69) is 26.0 Å². The number of carbonyl (C=O) groups is 2. The number of hydrogen-bond donors (Lipinski definition) is 0. The summed E-state index contributed by atoms with van der Waals surface area (Å²) in [5.74, 6) is 0.529. The van der Waals surface area contributed by atoms with Gasteiger partial charge in [-0.25, -0.2) is 0 Å². The second-order valence-corrected chi connectivity index (χ2v) is 7.64. The summed E-state index contributed by atoms with van der Waals surface area (Å²) in [6, 6.07) is 15.9. The van der Waals surface area contributed by atoms with Crippen molar-refractivity contribution in [2.75, 3.05) is 26.2 Å². The van der Waals surface area contributed by atoms with Crippen LogP contribution in [0.5, 0.6) is 0 Å². The van der Waals surface area contributed by atoms with Gasteiger partial charge in [0, 0.05) is 37.8 Å². The molecular weight excluding hydrogens is 348 g/mol. The van der Waals surface area contributed by atoms with Gasteiger partial charge in [0.2, 0.25) is 5.91 Å². The van der Waals surface area contributed by atoms with Crippen LogP contribution in [-0.2, 0) is 4.79 Å². The Labute approximate surface area is 167 Å². The minimum atomic E-state index is -0.00429. The number of carbonyl (C=O) groups excluding carboxylic acids is 2. The average molecular weight is 377 g/mol. The molecule has 0 aromatic heterocycles. The molecule has 3 rings (SSSR count). The van der Waals surface area contributed by atoms with Gasteiger partial charge in [-0.1, -0.05) is 55.8 Å². The fraction of sp³-hybridized carbons (Fsp3) is 0.333. The predicted molar refractivity (Wildman–Crippen MR) is 113 cm³/mol. The van der Waals surface area contributed by atoms with Gasteiger partial charge in [0.1, 0.15) is 0 Å². The maximum absolute atomic E-state index is 12.6. The summed E-state index contributed by atoms with van der Waals surface area (Å²) in [5.41, 5.74) is 4.15. The van der Waals surface area contributed by atoms with Gasteiger partial charge in [-0.3, -0.25) is 9.59 Å². The first-order valence-electron chi connectivity index (χ1n) is 9.87. The van der Waals surface area contributed by atoms with E-state index in [9.17, 15) is 9.59 Å². The topological polar surface area (TPSA) is 40.6 Å². The Kier molecular flexibility index (Phi) is 6.30. The lowest BCUT2D eigenvalue weighted by Crippen LogP contribution is -2.50. The number of benzene rings is 2. The third kappa shape index (κ3) is 4.89. The summed E-state index contributed by atoms with van der Waals surface area (Å²) >= 11 is 0. The van der Waals surface area contributed by atoms with Gasteiger partial charge < -0.3 is 9.80 Å². The number of piperazine rings is 1. The maximum atomic E-state index is 12.6. The molecule has 28 heavy (non-hydrogen) atoms. The SMILES string of the molecule is Cc1ccc(C(=O)N2CCN(C(=O)/C=C/c3ccc(C(C)C)cc3)CC2)cc1. The first-order valence-corrected chi connectivity index (χ1v) is 9.87. The van der Waals surface area contributed by atoms with Gasteiger partial charge in [0.25, 0.3) is 5.91 Å². The molecule has 4 nitrogen and oxygen atoms in total. The van der Waals surface area contributed by atoms with Crippen molar-refractivity contribution in [3.8, 4) is 0 Å². The van der Waals surface area contributed by atoms with Crippen LogP contribution in [0.2, 0.25) is 0 Å². The Morgan fingerprint density at radius 2 is 1.43 bits per heavy atom. The lowest BCUT2D eigenvalue weighted by molar-refractivity contribution is -0.127. The summed E-state index contributed by atoms with van der Waals surface area (Å²) in [6.07, 6.45) is 3.48. The number of amides is 2. The van der Waals surface area contributed by atoms with Gasteiger partial charge >= 0.3 is 0 Å². The molecule has 1 aliphatic heterocycles. The third-order valence-electron chi connectivity index (χ3n) is 5.20. The largest absolute Gasteiger partial charge is 0.336 e. The van der Waals surface area contributed by atoms with E-state index in [4.69, 9.17) is 0 Å². The molecule has 1 fully saturated rings. The zero-order chi connectivity index (χ0) is 20.1. The molecule has 0 N–H and O–H groups in total. The molecule has 2 aromatic rings. The molecule has 0 atom stereocenters. The third-order valence-corrected chi connectivity index (χ3v) is 5.20. The van der Waals surface area contributed by atoms with Crippen LogP contribution in [0.1, 0.15) is 46.8 Å². The Bertz CT molecular complexity index is 843. The van der Waals surface area contributed by atoms with Crippen molar-refractivity contribution in [3.05, 3.63) is 76.9 Å². The van der Waals surface area contributed by atoms with Gasteiger partial charge in [0.15, 0.2) is 0 Å². The van der Waals surface area contributed by atoms with E-state index >= 15 is 0 Å². The van der Waals surface area contributed by atoms with Crippen molar-refractivity contribution in [2.45, 2.75) is 26.7 Å². The molecule has 0 aliphatic carbocycles. The van der Waals surface area contributed by atoms with Crippen molar-refractivity contribution in [1.82, 2.24) is 9.80 Å². The Morgan fingerprint density at radius 1 is 0.857 bits per heavy atom. The summed E-state index contributed by atoms with van der Waals surface area (Å²) < 4.78 is 0. The van der Waals surface area contributed by atoms with Crippen molar-refractivity contribution in [1.29, 1.82) is 0 Å². The van der Waals surface area contributed by atoms with E-state index in [1.54, 1.807) is 11.0 Å². The Balaban J connectivity index is 1.53. The molecule has 2 amide bonds. The quantitative estimate of drug-likeness (QED) is 0.753. The first-order chi connectivity index (χ1) is 13.4. The van der Waals surface area contributed by atoms with Crippen LogP contribution in [-0.4, -0.2) is 47.8 Å². The average Bonchev–Trinajstić information content (AvgIpc) is 2.72. The van der Waals surface area contributed by atoms with Gasteiger partial charge in [-0.15, -0.1) is 0 Å². The smallest absolute Gasteiger partial charge is 0.253 e. The first kappa shape index (κ1) is 19.9. The highest BCUT2D eigenvalue weighted by Crippen LogP contribution is 2.16. The van der Waals surface area contributed by atoms with Crippen molar-refractivity contribution >= 4 is 17.9 Å². The summed E-state index contributed by atoms with van der Waals surface area (Å²) in [7, 11) is 0. The van der Waals surface area contributed by atoms with Crippen LogP contribution < -0.4 is 0 Å². The summed E-state index contributed by atoms with van der Waals surface area (Å²) in [5, 5.41) is 0. The molecule has 0 unspecified atom stereocenters. The van der Waals surface area contributed by atoms with Crippen LogP contribution >= 0.6 is 0 Å². The van der Waals surface area contributed by atoms with Crippen LogP contribution in [0.4, 0.5) is 0 Å². The molecule has 0 bridgehead atoms. The molecule has 1 heterocycles. The number of hydrogen-bond acceptors (Lipinski definition) is 2. The number of rotatable bonds is 4. The molecule has 146 valence electrons. The molecule has 2 aromatic carbocycles. The molecule has 1 saturated heterocycles. The molecule has 0 saturated carbocycles. The van der Waals surface area contributed by atoms with Crippen LogP contribution in [0, 0.1) is 6.92 Å². The Hall–Kier alpha value is -2.88. The van der Waals surface area contributed by atoms with Crippen LogP contribution in [0.15, 0.2) is 54.6 Å². The Morgan fingerprint density at radius 3 is 2.00 bits per heavy atom. The highest BCUT2D eigenvalue weighted by Gasteiger charge is 2.23. The standard InChI is InChI=1S/C24H28N2O2/c1-18(2)21-11-6-20(7-12-21)8-13-23(27)25-14-16-26(17-15-25)24(28)22-9-4-19(3)5-10-22/h4-13,18H,14-17H2,1-3H3/b13-8+. The minimum absolute atomic E-state index is 0.00429. The van der Waals surface area contributed by atoms with Crippen molar-refractivity contribution < 1.29 is 9.59 Å². The van der Waals surface area contributed by atoms with E-state index in [1.807, 2.05) is 54.3 Å². The normalized spacial score (nSPS) is 14.7. The van der Waals surface area contributed by atoms with Gasteiger partial charge in [-0.05, 0) is 42.2 Å². The fourth-order valence-corrected chi connectivity index (χ4v) is 3.27. The zero-order valence-corrected chi connectivity index (χ0v) is 16.9. The molecule has 0 spiro atoms. The van der Waals surface area contributed by atoms with Crippen LogP contribution in [0.25, 0.3) is 6.08 Å². The highest BCUT2D eigenvalue weighted by molar-refractivity contribution is 5.95. The van der Waals surface area contributed by atoms with Crippen LogP contribution in [0.3, 0.4) is 0 Å². The molecule has 4 heteroatoms. The minimum Gasteiger partial charge on any atom is -0.336 e. The van der Waals surface area contributed by atoms with Crippen molar-refractivity contribution in [3.63, 3.8) is 0 Å².